The van der Waals surface area contributed by atoms with Crippen LogP contribution in [0.5, 0.6) is 5.75 Å². The molecule has 100 valence electrons. The first-order valence-electron chi connectivity index (χ1n) is 4.90. The van der Waals surface area contributed by atoms with Crippen molar-refractivity contribution in [2.75, 3.05) is 6.61 Å². The Morgan fingerprint density at radius 2 is 2.00 bits per heavy atom. The van der Waals surface area contributed by atoms with Crippen molar-refractivity contribution in [1.29, 1.82) is 0 Å². The van der Waals surface area contributed by atoms with Crippen LogP contribution in [0.15, 0.2) is 24.3 Å². The van der Waals surface area contributed by atoms with Gasteiger partial charge >= 0.3 is 7.82 Å². The second kappa shape index (κ2) is 5.92. The predicted molar refractivity (Wildman–Crippen MR) is 61.2 cm³/mol. The maximum absolute atomic E-state index is 11.4. The minimum absolute atomic E-state index is 0.0448. The van der Waals surface area contributed by atoms with Crippen LogP contribution in [0.1, 0.15) is 6.92 Å². The maximum atomic E-state index is 11.4. The molecule has 0 aromatic heterocycles. The Labute approximate surface area is 103 Å². The molecule has 1 rings (SSSR count). The number of aliphatic hydroxyl groups is 1. The number of phosphoric ester groups is 1. The third-order valence-corrected chi connectivity index (χ3v) is 2.91. The van der Waals surface area contributed by atoms with E-state index in [1.54, 1.807) is 0 Å². The third kappa shape index (κ3) is 4.42. The van der Waals surface area contributed by atoms with Gasteiger partial charge in [-0.25, -0.2) is 4.57 Å². The summed E-state index contributed by atoms with van der Waals surface area (Å²) in [5.74, 6) is -0.0448. The summed E-state index contributed by atoms with van der Waals surface area (Å²) < 4.78 is 20.7. The Morgan fingerprint density at radius 3 is 2.44 bits per heavy atom. The van der Waals surface area contributed by atoms with Gasteiger partial charge in [0, 0.05) is 12.1 Å². The first kappa shape index (κ1) is 14.6. The first-order chi connectivity index (χ1) is 8.34. The molecule has 2 N–H and O–H groups in total. The molecule has 8 nitrogen and oxygen atoms in total. The van der Waals surface area contributed by atoms with E-state index >= 15 is 0 Å². The molecule has 0 aliphatic heterocycles. The summed E-state index contributed by atoms with van der Waals surface area (Å²) in [6.45, 7) is 0.955. The van der Waals surface area contributed by atoms with E-state index in [0.29, 0.717) is 0 Å². The van der Waals surface area contributed by atoms with Crippen LogP contribution in [0.4, 0.5) is 5.69 Å². The normalized spacial score (nSPS) is 15.7. The lowest BCUT2D eigenvalue weighted by Crippen LogP contribution is -2.13. The molecular weight excluding hydrogens is 265 g/mol. The van der Waals surface area contributed by atoms with E-state index in [1.165, 1.54) is 19.1 Å². The molecule has 0 heterocycles. The van der Waals surface area contributed by atoms with Crippen LogP contribution in [0.2, 0.25) is 0 Å². The fraction of sp³-hybridized carbons (Fsp3) is 0.333. The average molecular weight is 277 g/mol. The van der Waals surface area contributed by atoms with Gasteiger partial charge in [-0.3, -0.25) is 19.5 Å². The van der Waals surface area contributed by atoms with Gasteiger partial charge in [0.05, 0.1) is 17.6 Å². The quantitative estimate of drug-likeness (QED) is 0.459. The molecule has 0 amide bonds. The van der Waals surface area contributed by atoms with Gasteiger partial charge in [-0.2, -0.15) is 0 Å². The van der Waals surface area contributed by atoms with Crippen molar-refractivity contribution in [3.05, 3.63) is 34.4 Å². The summed E-state index contributed by atoms with van der Waals surface area (Å²) in [5, 5.41) is 19.1. The molecule has 0 radical (unpaired) electrons. The number of aliphatic hydroxyl groups excluding tert-OH is 1. The number of benzene rings is 1. The highest BCUT2D eigenvalue weighted by Gasteiger charge is 2.26. The third-order valence-electron chi connectivity index (χ3n) is 1.84. The van der Waals surface area contributed by atoms with E-state index in [-0.39, 0.29) is 11.4 Å². The Bertz CT molecular complexity index is 460. The van der Waals surface area contributed by atoms with Crippen molar-refractivity contribution in [2.45, 2.75) is 13.0 Å². The van der Waals surface area contributed by atoms with Crippen LogP contribution in [-0.2, 0) is 9.09 Å². The van der Waals surface area contributed by atoms with Gasteiger partial charge in [-0.15, -0.1) is 0 Å². The molecule has 0 fully saturated rings. The Hall–Kier alpha value is -1.47. The summed E-state index contributed by atoms with van der Waals surface area (Å²) in [6.07, 6.45) is -0.862. The van der Waals surface area contributed by atoms with Crippen LogP contribution in [0, 0.1) is 10.1 Å². The molecule has 1 aromatic carbocycles. The molecule has 0 saturated heterocycles. The van der Waals surface area contributed by atoms with E-state index in [4.69, 9.17) is 5.11 Å². The molecule has 9 heteroatoms. The van der Waals surface area contributed by atoms with Crippen LogP contribution in [-0.4, -0.2) is 27.6 Å². The number of nitro benzene ring substituents is 1. The van der Waals surface area contributed by atoms with E-state index in [0.717, 1.165) is 12.1 Å². The van der Waals surface area contributed by atoms with Crippen molar-refractivity contribution in [3.8, 4) is 5.75 Å². The molecular formula is C9H12NO7P. The van der Waals surface area contributed by atoms with Gasteiger partial charge in [0.1, 0.15) is 5.75 Å². The maximum Gasteiger partial charge on any atom is 0.527 e. The van der Waals surface area contributed by atoms with E-state index in [2.05, 4.69) is 9.05 Å². The fourth-order valence-electron chi connectivity index (χ4n) is 1.04. The van der Waals surface area contributed by atoms with E-state index in [1.807, 2.05) is 0 Å². The van der Waals surface area contributed by atoms with Crippen LogP contribution in [0.3, 0.4) is 0 Å². The minimum Gasteiger partial charge on any atom is -0.404 e. The van der Waals surface area contributed by atoms with Crippen molar-refractivity contribution in [3.63, 3.8) is 0 Å². The number of hydrogen-bond donors (Lipinski definition) is 2. The van der Waals surface area contributed by atoms with E-state index in [9.17, 15) is 19.6 Å². The molecule has 1 unspecified atom stereocenters. The van der Waals surface area contributed by atoms with Crippen LogP contribution >= 0.6 is 7.82 Å². The fourth-order valence-corrected chi connectivity index (χ4v) is 2.00. The Kier molecular flexibility index (Phi) is 4.80. The molecule has 0 aliphatic rings. The molecule has 0 saturated carbocycles. The number of hydrogen-bond acceptors (Lipinski definition) is 6. The standard InChI is InChI=1S/C9H12NO7P/c1-7(6-11)16-18(14,15)17-9-4-2-8(3-5-9)10(12)13/h2-5,7,11H,6H2,1H3,(H,14,15)/t7-/m0/s1. The lowest BCUT2D eigenvalue weighted by atomic mass is 10.3. The SMILES string of the molecule is C[C@@H](CO)OP(=O)(O)Oc1ccc([N+](=O)[O-])cc1. The van der Waals surface area contributed by atoms with Gasteiger partial charge in [0.2, 0.25) is 0 Å². The number of non-ortho nitro benzene ring substituents is 1. The summed E-state index contributed by atoms with van der Waals surface area (Å²) in [7, 11) is -4.36. The first-order valence-corrected chi connectivity index (χ1v) is 6.39. The van der Waals surface area contributed by atoms with Gasteiger partial charge in [-0.1, -0.05) is 0 Å². The van der Waals surface area contributed by atoms with Crippen molar-refractivity contribution < 1.29 is 28.5 Å². The van der Waals surface area contributed by atoms with E-state index < -0.39 is 25.5 Å². The summed E-state index contributed by atoms with van der Waals surface area (Å²) in [4.78, 5) is 19.1. The molecule has 1 aromatic rings. The summed E-state index contributed by atoms with van der Waals surface area (Å²) in [5.41, 5.74) is -0.167. The van der Waals surface area contributed by atoms with Gasteiger partial charge in [0.25, 0.3) is 5.69 Å². The topological polar surface area (TPSA) is 119 Å². The smallest absolute Gasteiger partial charge is 0.404 e. The monoisotopic (exact) mass is 277 g/mol. The molecule has 0 spiro atoms. The zero-order valence-electron chi connectivity index (χ0n) is 9.42. The Morgan fingerprint density at radius 1 is 1.44 bits per heavy atom. The van der Waals surface area contributed by atoms with Gasteiger partial charge in [0.15, 0.2) is 0 Å². The molecule has 2 atom stereocenters. The van der Waals surface area contributed by atoms with Gasteiger partial charge in [-0.05, 0) is 19.1 Å². The summed E-state index contributed by atoms with van der Waals surface area (Å²) in [6, 6.07) is 4.61. The zero-order valence-corrected chi connectivity index (χ0v) is 10.3. The summed E-state index contributed by atoms with van der Waals surface area (Å²) >= 11 is 0. The van der Waals surface area contributed by atoms with Crippen LogP contribution in [0.25, 0.3) is 0 Å². The highest BCUT2D eigenvalue weighted by molar-refractivity contribution is 7.47. The predicted octanol–water partition coefficient (Wildman–Crippen LogP) is 1.47. The molecule has 18 heavy (non-hydrogen) atoms. The van der Waals surface area contributed by atoms with Crippen molar-refractivity contribution in [2.24, 2.45) is 0 Å². The Balaban J connectivity index is 2.72. The second-order valence-electron chi connectivity index (χ2n) is 3.41. The highest BCUT2D eigenvalue weighted by Crippen LogP contribution is 2.45. The number of nitrogens with zero attached hydrogens (tertiary/aromatic N) is 1. The lowest BCUT2D eigenvalue weighted by molar-refractivity contribution is -0.384. The lowest BCUT2D eigenvalue weighted by Gasteiger charge is -2.16. The van der Waals surface area contributed by atoms with Crippen molar-refractivity contribution >= 4 is 13.5 Å². The largest absolute Gasteiger partial charge is 0.527 e. The number of phosphoric acid groups is 1. The van der Waals surface area contributed by atoms with Gasteiger partial charge < -0.3 is 9.63 Å². The van der Waals surface area contributed by atoms with Crippen molar-refractivity contribution in [1.82, 2.24) is 0 Å². The second-order valence-corrected chi connectivity index (χ2v) is 4.74. The average Bonchev–Trinajstić information content (AvgIpc) is 2.28. The minimum atomic E-state index is -4.36. The highest BCUT2D eigenvalue weighted by atomic mass is 31.2. The number of nitro groups is 1. The number of rotatable bonds is 6. The molecule has 0 aliphatic carbocycles. The van der Waals surface area contributed by atoms with Crippen LogP contribution < -0.4 is 4.52 Å². The molecule has 0 bridgehead atoms. The zero-order chi connectivity index (χ0) is 13.8.